The second kappa shape index (κ2) is 13.2. The zero-order chi connectivity index (χ0) is 33.4. The first kappa shape index (κ1) is 34.0. The van der Waals surface area contributed by atoms with Gasteiger partial charge in [-0.1, -0.05) is 25.3 Å². The fraction of sp³-hybridized carbons (Fsp3) is 0.545. The smallest absolute Gasteiger partial charge is 0.255 e. The Morgan fingerprint density at radius 1 is 1.16 bits per heavy atom. The van der Waals surface area contributed by atoms with E-state index in [0.717, 1.165) is 32.1 Å². The number of nitrogens with two attached hydrogens (primary N) is 1. The molecule has 1 amide bonds. The molecule has 3 aliphatic rings. The number of unbranched alkanes of at least 4 members (excludes halogenated alkanes) is 4. The molecule has 1 aromatic carbocycles. The largest absolute Gasteiger partial charge is 0.508 e. The van der Waals surface area contributed by atoms with Crippen molar-refractivity contribution in [3.05, 3.63) is 46.8 Å². The molecule has 45 heavy (non-hydrogen) atoms. The number of benzene rings is 1. The van der Waals surface area contributed by atoms with E-state index in [-0.39, 0.29) is 42.0 Å². The van der Waals surface area contributed by atoms with Gasteiger partial charge in [-0.2, -0.15) is 0 Å². The first-order chi connectivity index (χ1) is 21.2. The zero-order valence-electron chi connectivity index (χ0n) is 26.5. The Hall–Kier alpha value is -3.87. The van der Waals surface area contributed by atoms with Crippen molar-refractivity contribution < 1.29 is 39.9 Å². The van der Waals surface area contributed by atoms with E-state index in [1.807, 2.05) is 11.0 Å². The molecular weight excluding hydrogens is 580 g/mol. The second-order valence-electron chi connectivity index (χ2n) is 12.8. The minimum absolute atomic E-state index is 0.00306. The van der Waals surface area contributed by atoms with Crippen molar-refractivity contribution in [2.45, 2.75) is 69.1 Å². The van der Waals surface area contributed by atoms with Crippen LogP contribution in [0.25, 0.3) is 5.76 Å². The van der Waals surface area contributed by atoms with Gasteiger partial charge in [-0.15, -0.1) is 6.58 Å². The minimum atomic E-state index is -2.70. The number of nitrogens with zero attached hydrogens (tertiary/aromatic N) is 2. The van der Waals surface area contributed by atoms with Crippen LogP contribution in [-0.2, 0) is 20.8 Å². The number of anilines is 2. The SMILES string of the molecule is C=CCCCCCCC(O)CNc1cc(N(C)C)c2c(c1O)C(O)=C1C(=O)[C@]3(O)C(O)=C(C(N)=O)C(=O)[C@@H](N(C)C)[C@@H]3C[C@@H]1C2. The molecule has 8 N–H and O–H groups in total. The number of carbonyl (C=O) groups excluding carboxylic acids is 3. The molecule has 0 radical (unpaired) electrons. The van der Waals surface area contributed by atoms with Crippen LogP contribution in [0, 0.1) is 11.8 Å². The number of phenolic OH excluding ortho intramolecular Hbond substituents is 1. The first-order valence-corrected chi connectivity index (χ1v) is 15.4. The number of Topliss-reactive ketones (excluding diaryl/α,β-unsaturated/α-hetero) is 2. The highest BCUT2D eigenvalue weighted by Gasteiger charge is 2.64. The summed E-state index contributed by atoms with van der Waals surface area (Å²) < 4.78 is 0. The Morgan fingerprint density at radius 2 is 1.82 bits per heavy atom. The van der Waals surface area contributed by atoms with Crippen LogP contribution < -0.4 is 16.0 Å². The average molecular weight is 627 g/mol. The van der Waals surface area contributed by atoms with E-state index in [1.54, 1.807) is 34.3 Å². The molecule has 0 bridgehead atoms. The van der Waals surface area contributed by atoms with E-state index < -0.39 is 64.1 Å². The predicted molar refractivity (Wildman–Crippen MR) is 171 cm³/mol. The standard InChI is InChI=1S/C33H46N4O8/c1-6-7-8-9-10-11-12-18(38)16-35-21-15-22(36(2)3)19-13-17-14-20-26(37(4)5)29(41)25(32(34)44)31(43)33(20,45)30(42)23(17)28(40)24(19)27(21)39/h6,15,17-18,20,26,35,38-40,43,45H,1,7-14,16H2,2-5H3,(H2,34,44)/t17-,18?,20-,26-,33-/m0/s1. The number of nitrogens with one attached hydrogen (secondary N) is 1. The number of hydrogen-bond donors (Lipinski definition) is 7. The van der Waals surface area contributed by atoms with Crippen molar-refractivity contribution in [3.63, 3.8) is 0 Å². The van der Waals surface area contributed by atoms with Crippen LogP contribution in [0.4, 0.5) is 11.4 Å². The second-order valence-corrected chi connectivity index (χ2v) is 12.8. The van der Waals surface area contributed by atoms with Gasteiger partial charge in [0.1, 0.15) is 22.8 Å². The fourth-order valence-corrected chi connectivity index (χ4v) is 7.18. The van der Waals surface area contributed by atoms with E-state index in [9.17, 15) is 39.9 Å². The third-order valence-electron chi connectivity index (χ3n) is 9.40. The number of rotatable bonds is 13. The lowest BCUT2D eigenvalue weighted by Crippen LogP contribution is -2.65. The molecule has 1 unspecified atom stereocenters. The molecule has 0 aromatic heterocycles. The average Bonchev–Trinajstić information content (AvgIpc) is 2.95. The number of primary amides is 1. The molecule has 0 saturated heterocycles. The summed E-state index contributed by atoms with van der Waals surface area (Å²) in [5, 5.41) is 59.5. The maximum Gasteiger partial charge on any atom is 0.255 e. The van der Waals surface area contributed by atoms with Crippen LogP contribution in [0.5, 0.6) is 5.75 Å². The molecule has 3 aliphatic carbocycles. The van der Waals surface area contributed by atoms with Crippen LogP contribution in [0.2, 0.25) is 0 Å². The van der Waals surface area contributed by atoms with Gasteiger partial charge in [0.2, 0.25) is 5.78 Å². The quantitative estimate of drug-likeness (QED) is 0.0734. The number of aromatic hydroxyl groups is 1. The van der Waals surface area contributed by atoms with Crippen molar-refractivity contribution in [1.82, 2.24) is 4.90 Å². The minimum Gasteiger partial charge on any atom is -0.508 e. The first-order valence-electron chi connectivity index (χ1n) is 15.4. The fourth-order valence-electron chi connectivity index (χ4n) is 7.18. The summed E-state index contributed by atoms with van der Waals surface area (Å²) in [5.74, 6) is -6.96. The van der Waals surface area contributed by atoms with Crippen molar-refractivity contribution in [2.24, 2.45) is 17.6 Å². The molecule has 0 spiro atoms. The highest BCUT2D eigenvalue weighted by molar-refractivity contribution is 6.24. The van der Waals surface area contributed by atoms with Gasteiger partial charge in [0.15, 0.2) is 11.4 Å². The summed E-state index contributed by atoms with van der Waals surface area (Å²) >= 11 is 0. The number of likely N-dealkylation sites (N-methyl/N-ethyl adjacent to an activating group) is 1. The number of amides is 1. The van der Waals surface area contributed by atoms with Gasteiger partial charge in [0, 0.05) is 37.8 Å². The molecule has 1 aromatic rings. The summed E-state index contributed by atoms with van der Waals surface area (Å²) in [4.78, 5) is 42.9. The van der Waals surface area contributed by atoms with Gasteiger partial charge in [-0.05, 0) is 63.7 Å². The molecule has 0 heterocycles. The number of ketones is 2. The lowest BCUT2D eigenvalue weighted by atomic mass is 9.57. The molecule has 5 atom stereocenters. The normalized spacial score (nSPS) is 25.1. The number of fused-ring (bicyclic) bond motifs is 3. The van der Waals surface area contributed by atoms with Gasteiger partial charge < -0.3 is 41.5 Å². The number of hydrogen-bond acceptors (Lipinski definition) is 11. The van der Waals surface area contributed by atoms with Crippen LogP contribution >= 0.6 is 0 Å². The topological polar surface area (TPSA) is 197 Å². The number of carbonyl (C=O) groups is 3. The Balaban J connectivity index is 1.72. The van der Waals surface area contributed by atoms with E-state index in [1.165, 1.54) is 4.90 Å². The lowest BCUT2D eigenvalue weighted by Gasteiger charge is -2.50. The van der Waals surface area contributed by atoms with Gasteiger partial charge >= 0.3 is 0 Å². The number of phenols is 1. The molecular formula is C33H46N4O8. The Bertz CT molecular complexity index is 1450. The summed E-state index contributed by atoms with van der Waals surface area (Å²) in [6.45, 7) is 3.86. The zero-order valence-corrected chi connectivity index (χ0v) is 26.5. The Kier molecular flexibility index (Phi) is 10.0. The number of allylic oxidation sites excluding steroid dienone is 1. The van der Waals surface area contributed by atoms with Crippen LogP contribution in [-0.4, -0.2) is 100 Å². The molecule has 1 saturated carbocycles. The maximum atomic E-state index is 14.1. The lowest BCUT2D eigenvalue weighted by molar-refractivity contribution is -0.153. The van der Waals surface area contributed by atoms with Gasteiger partial charge in [0.05, 0.1) is 23.4 Å². The summed E-state index contributed by atoms with van der Waals surface area (Å²) in [6.07, 6.45) is 6.88. The molecule has 12 heteroatoms. The molecule has 0 aliphatic heterocycles. The Morgan fingerprint density at radius 3 is 2.42 bits per heavy atom. The van der Waals surface area contributed by atoms with Crippen molar-refractivity contribution in [3.8, 4) is 5.75 Å². The van der Waals surface area contributed by atoms with Crippen LogP contribution in [0.1, 0.15) is 56.1 Å². The van der Waals surface area contributed by atoms with Crippen molar-refractivity contribution in [2.75, 3.05) is 45.0 Å². The van der Waals surface area contributed by atoms with E-state index >= 15 is 0 Å². The monoisotopic (exact) mass is 626 g/mol. The third kappa shape index (κ3) is 5.94. The van der Waals surface area contributed by atoms with Crippen molar-refractivity contribution in [1.29, 1.82) is 0 Å². The van der Waals surface area contributed by atoms with Crippen molar-refractivity contribution >= 4 is 34.6 Å². The summed E-state index contributed by atoms with van der Waals surface area (Å²) in [7, 11) is 6.72. The summed E-state index contributed by atoms with van der Waals surface area (Å²) in [5.41, 5.74) is 3.09. The van der Waals surface area contributed by atoms with Gasteiger partial charge in [0.25, 0.3) is 5.91 Å². The Labute approximate surface area is 263 Å². The van der Waals surface area contributed by atoms with E-state index in [0.29, 0.717) is 17.7 Å². The molecule has 4 rings (SSSR count). The summed E-state index contributed by atoms with van der Waals surface area (Å²) in [6, 6.07) is 0.574. The highest BCUT2D eigenvalue weighted by atomic mass is 16.3. The molecule has 246 valence electrons. The third-order valence-corrected chi connectivity index (χ3v) is 9.40. The van der Waals surface area contributed by atoms with Gasteiger partial charge in [-0.3, -0.25) is 19.3 Å². The maximum absolute atomic E-state index is 14.1. The number of aliphatic hydroxyl groups is 4. The highest BCUT2D eigenvalue weighted by Crippen LogP contribution is 2.54. The number of aliphatic hydroxyl groups excluding tert-OH is 3. The van der Waals surface area contributed by atoms with Crippen LogP contribution in [0.15, 0.2) is 35.6 Å². The van der Waals surface area contributed by atoms with E-state index in [2.05, 4.69) is 11.9 Å². The molecule has 12 nitrogen and oxygen atoms in total. The van der Waals surface area contributed by atoms with Gasteiger partial charge in [-0.25, -0.2) is 0 Å². The predicted octanol–water partition coefficient (Wildman–Crippen LogP) is 2.33. The van der Waals surface area contributed by atoms with E-state index in [4.69, 9.17) is 5.73 Å². The van der Waals surface area contributed by atoms with Crippen LogP contribution in [0.3, 0.4) is 0 Å². The molecule has 1 fully saturated rings.